The predicted octanol–water partition coefficient (Wildman–Crippen LogP) is 2.68. The molecule has 1 aliphatic heterocycles. The van der Waals surface area contributed by atoms with Crippen LogP contribution in [-0.4, -0.2) is 58.5 Å². The summed E-state index contributed by atoms with van der Waals surface area (Å²) in [7, 11) is 1.59. The Morgan fingerprint density at radius 3 is 2.74 bits per heavy atom. The number of pyridine rings is 3. The maximum absolute atomic E-state index is 13.6. The minimum Gasteiger partial charge on any atom is -0.367 e. The van der Waals surface area contributed by atoms with E-state index in [9.17, 15) is 14.0 Å². The zero-order valence-electron chi connectivity index (χ0n) is 19.0. The third-order valence-electron chi connectivity index (χ3n) is 6.40. The molecule has 1 atom stereocenters. The highest BCUT2D eigenvalue weighted by Gasteiger charge is 2.24. The average Bonchev–Trinajstić information content (AvgIpc) is 2.85. The monoisotopic (exact) mass is 460 g/mol. The number of carbonyl (C=O) groups excluding carboxylic acids is 1. The van der Waals surface area contributed by atoms with Crippen molar-refractivity contribution in [1.82, 2.24) is 25.2 Å². The van der Waals surface area contributed by atoms with E-state index in [0.717, 1.165) is 30.9 Å². The van der Waals surface area contributed by atoms with Crippen LogP contribution in [0.5, 0.6) is 0 Å². The van der Waals surface area contributed by atoms with E-state index in [0.29, 0.717) is 34.0 Å². The van der Waals surface area contributed by atoms with Gasteiger partial charge in [-0.05, 0) is 48.9 Å². The molecule has 0 spiro atoms. The first kappa shape index (κ1) is 22.0. The minimum atomic E-state index is -0.444. The van der Waals surface area contributed by atoms with Crippen LogP contribution in [0.2, 0.25) is 0 Å². The van der Waals surface area contributed by atoms with Crippen LogP contribution < -0.4 is 15.8 Å². The van der Waals surface area contributed by atoms with Gasteiger partial charge in [-0.2, -0.15) is 0 Å². The predicted molar refractivity (Wildman–Crippen MR) is 130 cm³/mol. The van der Waals surface area contributed by atoms with Crippen molar-refractivity contribution in [2.45, 2.75) is 19.5 Å². The van der Waals surface area contributed by atoms with Gasteiger partial charge in [-0.15, -0.1) is 0 Å². The number of piperazine rings is 1. The molecule has 1 amide bonds. The van der Waals surface area contributed by atoms with Crippen molar-refractivity contribution >= 4 is 33.4 Å². The van der Waals surface area contributed by atoms with Crippen molar-refractivity contribution in [2.75, 3.05) is 31.6 Å². The second-order valence-corrected chi connectivity index (χ2v) is 8.63. The number of carbonyl (C=O) groups is 1. The van der Waals surface area contributed by atoms with E-state index in [1.54, 1.807) is 25.4 Å². The van der Waals surface area contributed by atoms with Gasteiger partial charge in [-0.1, -0.05) is 0 Å². The third kappa shape index (κ3) is 4.10. The van der Waals surface area contributed by atoms with Gasteiger partial charge in [-0.25, -0.2) is 9.37 Å². The molecule has 1 saturated heterocycles. The summed E-state index contributed by atoms with van der Waals surface area (Å²) in [4.78, 5) is 40.5. The standard InChI is InChI=1S/C25H25FN6O2/c1-15-13-32(18-4-6-21(28-12-18)25(34)27-2)8-7-31(15)14-16-9-22-23(29-11-16)19-5-3-17(26)10-20(19)24(33)30-22/h3-6,9-12,15H,7-8,13-14H2,1-2H3,(H,27,34)(H,30,33). The molecule has 4 aromatic rings. The van der Waals surface area contributed by atoms with Gasteiger partial charge in [0.05, 0.1) is 28.3 Å². The highest BCUT2D eigenvalue weighted by atomic mass is 19.1. The maximum atomic E-state index is 13.6. The summed E-state index contributed by atoms with van der Waals surface area (Å²) >= 11 is 0. The molecule has 2 N–H and O–H groups in total. The Balaban J connectivity index is 1.31. The van der Waals surface area contributed by atoms with Crippen molar-refractivity contribution in [3.8, 4) is 0 Å². The molecule has 1 unspecified atom stereocenters. The molecule has 9 heteroatoms. The van der Waals surface area contributed by atoms with Crippen molar-refractivity contribution in [1.29, 1.82) is 0 Å². The van der Waals surface area contributed by atoms with Gasteiger partial charge < -0.3 is 15.2 Å². The number of anilines is 1. The zero-order chi connectivity index (χ0) is 23.8. The Kier molecular flexibility index (Phi) is 5.70. The number of amides is 1. The van der Waals surface area contributed by atoms with Crippen molar-refractivity contribution in [3.63, 3.8) is 0 Å². The summed E-state index contributed by atoms with van der Waals surface area (Å²) in [6, 6.07) is 10.1. The number of halogens is 1. The number of nitrogens with one attached hydrogen (secondary N) is 2. The Morgan fingerprint density at radius 2 is 2.00 bits per heavy atom. The van der Waals surface area contributed by atoms with E-state index in [2.05, 4.69) is 37.0 Å². The van der Waals surface area contributed by atoms with Gasteiger partial charge in [0.2, 0.25) is 0 Å². The van der Waals surface area contributed by atoms with Crippen LogP contribution in [0.4, 0.5) is 10.1 Å². The van der Waals surface area contributed by atoms with E-state index in [4.69, 9.17) is 0 Å². The van der Waals surface area contributed by atoms with Gasteiger partial charge in [0.1, 0.15) is 11.5 Å². The smallest absolute Gasteiger partial charge is 0.269 e. The Hall–Kier alpha value is -3.85. The van der Waals surface area contributed by atoms with Crippen molar-refractivity contribution in [2.24, 2.45) is 0 Å². The molecular formula is C25H25FN6O2. The topological polar surface area (TPSA) is 94.2 Å². The molecule has 4 heterocycles. The van der Waals surface area contributed by atoms with E-state index in [1.807, 2.05) is 18.3 Å². The molecule has 0 radical (unpaired) electrons. The molecular weight excluding hydrogens is 435 g/mol. The molecule has 1 aromatic carbocycles. The fourth-order valence-electron chi connectivity index (χ4n) is 4.54. The van der Waals surface area contributed by atoms with Crippen LogP contribution >= 0.6 is 0 Å². The molecule has 0 bridgehead atoms. The van der Waals surface area contributed by atoms with Crippen LogP contribution in [0.3, 0.4) is 0 Å². The summed E-state index contributed by atoms with van der Waals surface area (Å²) in [5.74, 6) is -0.643. The first-order valence-corrected chi connectivity index (χ1v) is 11.2. The number of aromatic amines is 1. The summed E-state index contributed by atoms with van der Waals surface area (Å²) in [5.41, 5.74) is 3.38. The number of rotatable bonds is 4. The number of nitrogens with zero attached hydrogens (tertiary/aromatic N) is 4. The molecule has 0 saturated carbocycles. The lowest BCUT2D eigenvalue weighted by molar-refractivity contribution is 0.0958. The van der Waals surface area contributed by atoms with Gasteiger partial charge in [0.15, 0.2) is 0 Å². The number of hydrogen-bond acceptors (Lipinski definition) is 6. The fraction of sp³-hybridized carbons (Fsp3) is 0.280. The second-order valence-electron chi connectivity index (χ2n) is 8.63. The van der Waals surface area contributed by atoms with Crippen molar-refractivity contribution < 1.29 is 9.18 Å². The van der Waals surface area contributed by atoms with Crippen LogP contribution in [0, 0.1) is 5.82 Å². The summed E-state index contributed by atoms with van der Waals surface area (Å²) in [6.07, 6.45) is 3.57. The number of benzene rings is 1. The number of H-pyrrole nitrogens is 1. The molecule has 3 aromatic heterocycles. The van der Waals surface area contributed by atoms with E-state index in [1.165, 1.54) is 12.1 Å². The molecule has 174 valence electrons. The zero-order valence-corrected chi connectivity index (χ0v) is 19.0. The lowest BCUT2D eigenvalue weighted by Crippen LogP contribution is -2.51. The summed E-state index contributed by atoms with van der Waals surface area (Å²) in [5, 5.41) is 3.52. The van der Waals surface area contributed by atoms with Gasteiger partial charge >= 0.3 is 0 Å². The highest BCUT2D eigenvalue weighted by molar-refractivity contribution is 6.02. The molecule has 0 aliphatic carbocycles. The van der Waals surface area contributed by atoms with Crippen LogP contribution in [0.25, 0.3) is 21.8 Å². The number of hydrogen-bond donors (Lipinski definition) is 2. The Labute approximate surface area is 195 Å². The molecule has 8 nitrogen and oxygen atoms in total. The van der Waals surface area contributed by atoms with Crippen molar-refractivity contribution in [3.05, 3.63) is 76.2 Å². The molecule has 1 aliphatic rings. The first-order chi connectivity index (χ1) is 16.4. The first-order valence-electron chi connectivity index (χ1n) is 11.2. The Bertz CT molecular complexity index is 1440. The summed E-state index contributed by atoms with van der Waals surface area (Å²) < 4.78 is 13.6. The van der Waals surface area contributed by atoms with Gasteiger partial charge in [0.25, 0.3) is 11.5 Å². The largest absolute Gasteiger partial charge is 0.367 e. The fourth-order valence-corrected chi connectivity index (χ4v) is 4.54. The number of fused-ring (bicyclic) bond motifs is 3. The van der Waals surface area contributed by atoms with E-state index in [-0.39, 0.29) is 17.5 Å². The van der Waals surface area contributed by atoms with E-state index < -0.39 is 5.82 Å². The van der Waals surface area contributed by atoms with Gasteiger partial charge in [-0.3, -0.25) is 19.5 Å². The second kappa shape index (κ2) is 8.83. The molecule has 34 heavy (non-hydrogen) atoms. The lowest BCUT2D eigenvalue weighted by Gasteiger charge is -2.41. The van der Waals surface area contributed by atoms with E-state index >= 15 is 0 Å². The molecule has 1 fully saturated rings. The van der Waals surface area contributed by atoms with Gasteiger partial charge in [0, 0.05) is 50.9 Å². The minimum absolute atomic E-state index is 0.199. The molecule has 5 rings (SSSR count). The SMILES string of the molecule is CNC(=O)c1ccc(N2CCN(Cc3cnc4c(c3)[nH]c(=O)c3cc(F)ccc34)C(C)C2)cn1. The summed E-state index contributed by atoms with van der Waals surface area (Å²) in [6.45, 7) is 5.39. The maximum Gasteiger partial charge on any atom is 0.269 e. The Morgan fingerprint density at radius 1 is 1.15 bits per heavy atom. The highest BCUT2D eigenvalue weighted by Crippen LogP contribution is 2.23. The van der Waals surface area contributed by atoms with Crippen LogP contribution in [-0.2, 0) is 6.54 Å². The lowest BCUT2D eigenvalue weighted by atomic mass is 10.1. The van der Waals surface area contributed by atoms with Crippen LogP contribution in [0.1, 0.15) is 23.0 Å². The average molecular weight is 461 g/mol. The quantitative estimate of drug-likeness (QED) is 0.455. The van der Waals surface area contributed by atoms with Crippen LogP contribution in [0.15, 0.2) is 53.6 Å². The normalized spacial score (nSPS) is 16.8. The number of aromatic nitrogens is 3. The third-order valence-corrected chi connectivity index (χ3v) is 6.40.